The first-order valence-electron chi connectivity index (χ1n) is 9.78. The summed E-state index contributed by atoms with van der Waals surface area (Å²) >= 11 is 0. The fourth-order valence-corrected chi connectivity index (χ4v) is 3.17. The SMILES string of the molecule is CCCCNc1nc(N)nc2cccc(C(=O)N[C@@H](C)c3cccc(OC)c3)c12. The Hall–Kier alpha value is -3.35. The maximum absolute atomic E-state index is 13.1. The number of benzene rings is 2. The van der Waals surface area contributed by atoms with Gasteiger partial charge >= 0.3 is 0 Å². The number of rotatable bonds is 8. The minimum absolute atomic E-state index is 0.179. The smallest absolute Gasteiger partial charge is 0.252 e. The molecule has 3 aromatic rings. The number of aromatic nitrogens is 2. The molecule has 1 atom stereocenters. The largest absolute Gasteiger partial charge is 0.497 e. The average Bonchev–Trinajstić information content (AvgIpc) is 2.73. The van der Waals surface area contributed by atoms with Crippen molar-refractivity contribution in [2.24, 2.45) is 0 Å². The van der Waals surface area contributed by atoms with Crippen LogP contribution < -0.4 is 21.1 Å². The van der Waals surface area contributed by atoms with E-state index in [0.717, 1.165) is 30.7 Å². The first-order valence-corrected chi connectivity index (χ1v) is 9.78. The second-order valence-corrected chi connectivity index (χ2v) is 6.88. The van der Waals surface area contributed by atoms with Crippen molar-refractivity contribution in [3.63, 3.8) is 0 Å². The molecule has 1 amide bonds. The summed E-state index contributed by atoms with van der Waals surface area (Å²) < 4.78 is 5.28. The van der Waals surface area contributed by atoms with Gasteiger partial charge < -0.3 is 21.1 Å². The Morgan fingerprint density at radius 1 is 1.21 bits per heavy atom. The highest BCUT2D eigenvalue weighted by molar-refractivity contribution is 6.10. The first-order chi connectivity index (χ1) is 14.0. The van der Waals surface area contributed by atoms with Gasteiger partial charge in [0.15, 0.2) is 0 Å². The zero-order valence-electron chi connectivity index (χ0n) is 17.0. The Morgan fingerprint density at radius 2 is 2.00 bits per heavy atom. The number of carbonyl (C=O) groups excluding carboxylic acids is 1. The number of hydrogen-bond acceptors (Lipinski definition) is 6. The number of carbonyl (C=O) groups is 1. The van der Waals surface area contributed by atoms with E-state index in [1.54, 1.807) is 19.2 Å². The van der Waals surface area contributed by atoms with E-state index >= 15 is 0 Å². The molecule has 1 aromatic heterocycles. The minimum Gasteiger partial charge on any atom is -0.497 e. The number of nitrogens with two attached hydrogens (primary N) is 1. The Bertz CT molecular complexity index is 1010. The standard InChI is InChI=1S/C22H27N5O2/c1-4-5-12-24-20-19-17(10-7-11-18(19)26-22(23)27-20)21(28)25-14(2)15-8-6-9-16(13-15)29-3/h6-11,13-14H,4-5,12H2,1-3H3,(H,25,28)(H3,23,24,26,27)/t14-/m0/s1. The van der Waals surface area contributed by atoms with Crippen molar-refractivity contribution in [3.05, 3.63) is 53.6 Å². The maximum Gasteiger partial charge on any atom is 0.252 e. The van der Waals surface area contributed by atoms with Gasteiger partial charge in [0.25, 0.3) is 5.91 Å². The molecule has 0 fully saturated rings. The van der Waals surface area contributed by atoms with E-state index in [2.05, 4.69) is 27.5 Å². The van der Waals surface area contributed by atoms with Gasteiger partial charge in [0, 0.05) is 6.54 Å². The molecule has 29 heavy (non-hydrogen) atoms. The summed E-state index contributed by atoms with van der Waals surface area (Å²) in [5.41, 5.74) is 7.97. The number of unbranched alkanes of at least 4 members (excludes halogenated alkanes) is 1. The quantitative estimate of drug-likeness (QED) is 0.501. The van der Waals surface area contributed by atoms with Crippen LogP contribution in [0.4, 0.5) is 11.8 Å². The zero-order valence-corrected chi connectivity index (χ0v) is 17.0. The number of nitrogens with zero attached hydrogens (tertiary/aromatic N) is 2. The molecule has 1 heterocycles. The number of fused-ring (bicyclic) bond motifs is 1. The van der Waals surface area contributed by atoms with Crippen molar-refractivity contribution >= 4 is 28.6 Å². The average molecular weight is 393 g/mol. The molecule has 0 saturated carbocycles. The summed E-state index contributed by atoms with van der Waals surface area (Å²) in [6.07, 6.45) is 2.05. The molecular weight excluding hydrogens is 366 g/mol. The molecule has 0 aliphatic heterocycles. The first kappa shape index (κ1) is 20.4. The molecule has 0 radical (unpaired) electrons. The van der Waals surface area contributed by atoms with Gasteiger partial charge in [0.05, 0.1) is 29.6 Å². The number of anilines is 2. The van der Waals surface area contributed by atoms with E-state index in [1.165, 1.54) is 0 Å². The highest BCUT2D eigenvalue weighted by atomic mass is 16.5. The van der Waals surface area contributed by atoms with Gasteiger partial charge in [-0.05, 0) is 43.2 Å². The molecule has 7 heteroatoms. The van der Waals surface area contributed by atoms with Gasteiger partial charge in [-0.3, -0.25) is 4.79 Å². The third kappa shape index (κ3) is 4.74. The van der Waals surface area contributed by atoms with Crippen LogP contribution in [0.3, 0.4) is 0 Å². The van der Waals surface area contributed by atoms with Crippen LogP contribution in [0.1, 0.15) is 48.7 Å². The highest BCUT2D eigenvalue weighted by Crippen LogP contribution is 2.26. The molecule has 0 aliphatic rings. The molecule has 152 valence electrons. The van der Waals surface area contributed by atoms with Crippen LogP contribution in [0.5, 0.6) is 5.75 Å². The number of amides is 1. The number of nitrogens with one attached hydrogen (secondary N) is 2. The Balaban J connectivity index is 1.92. The molecule has 0 spiro atoms. The fraction of sp³-hybridized carbons (Fsp3) is 0.318. The minimum atomic E-state index is -0.196. The summed E-state index contributed by atoms with van der Waals surface area (Å²) in [4.78, 5) is 21.7. The third-order valence-electron chi connectivity index (χ3n) is 4.75. The van der Waals surface area contributed by atoms with Crippen LogP contribution in [0.25, 0.3) is 10.9 Å². The number of hydrogen-bond donors (Lipinski definition) is 3. The van der Waals surface area contributed by atoms with Crippen molar-refractivity contribution in [1.29, 1.82) is 0 Å². The lowest BCUT2D eigenvalue weighted by atomic mass is 10.1. The van der Waals surface area contributed by atoms with Crippen molar-refractivity contribution < 1.29 is 9.53 Å². The van der Waals surface area contributed by atoms with E-state index < -0.39 is 0 Å². The van der Waals surface area contributed by atoms with Crippen LogP contribution in [0.15, 0.2) is 42.5 Å². The van der Waals surface area contributed by atoms with Crippen LogP contribution in [-0.2, 0) is 0 Å². The Labute approximate surface area is 170 Å². The zero-order chi connectivity index (χ0) is 20.8. The lowest BCUT2D eigenvalue weighted by Gasteiger charge is -2.17. The second-order valence-electron chi connectivity index (χ2n) is 6.88. The van der Waals surface area contributed by atoms with E-state index in [-0.39, 0.29) is 17.9 Å². The summed E-state index contributed by atoms with van der Waals surface area (Å²) in [6, 6.07) is 12.9. The van der Waals surface area contributed by atoms with Crippen LogP contribution >= 0.6 is 0 Å². The number of ether oxygens (including phenoxy) is 1. The normalized spacial score (nSPS) is 11.8. The third-order valence-corrected chi connectivity index (χ3v) is 4.75. The number of methoxy groups -OCH3 is 1. The van der Waals surface area contributed by atoms with Gasteiger partial charge in [-0.15, -0.1) is 0 Å². The van der Waals surface area contributed by atoms with Crippen molar-refractivity contribution in [3.8, 4) is 5.75 Å². The van der Waals surface area contributed by atoms with E-state index in [1.807, 2.05) is 37.3 Å². The molecule has 0 aliphatic carbocycles. The topological polar surface area (TPSA) is 102 Å². The summed E-state index contributed by atoms with van der Waals surface area (Å²) in [6.45, 7) is 4.80. The highest BCUT2D eigenvalue weighted by Gasteiger charge is 2.18. The van der Waals surface area contributed by atoms with Crippen LogP contribution in [0.2, 0.25) is 0 Å². The Kier molecular flexibility index (Phi) is 6.49. The molecule has 7 nitrogen and oxygen atoms in total. The van der Waals surface area contributed by atoms with E-state index in [4.69, 9.17) is 10.5 Å². The van der Waals surface area contributed by atoms with Crippen LogP contribution in [-0.4, -0.2) is 29.5 Å². The molecule has 0 bridgehead atoms. The van der Waals surface area contributed by atoms with Crippen LogP contribution in [0, 0.1) is 0 Å². The lowest BCUT2D eigenvalue weighted by Crippen LogP contribution is -2.27. The van der Waals surface area contributed by atoms with Gasteiger partial charge in [-0.25, -0.2) is 4.98 Å². The second kappa shape index (κ2) is 9.23. The lowest BCUT2D eigenvalue weighted by molar-refractivity contribution is 0.0941. The molecule has 4 N–H and O–H groups in total. The summed E-state index contributed by atoms with van der Waals surface area (Å²) in [7, 11) is 1.62. The van der Waals surface area contributed by atoms with Gasteiger partial charge in [0.2, 0.25) is 5.95 Å². The van der Waals surface area contributed by atoms with Gasteiger partial charge in [0.1, 0.15) is 11.6 Å². The summed E-state index contributed by atoms with van der Waals surface area (Å²) in [5, 5.41) is 7.03. The van der Waals surface area contributed by atoms with Gasteiger partial charge in [-0.2, -0.15) is 4.98 Å². The van der Waals surface area contributed by atoms with Crippen molar-refractivity contribution in [2.45, 2.75) is 32.7 Å². The van der Waals surface area contributed by atoms with E-state index in [9.17, 15) is 4.79 Å². The molecule has 2 aromatic carbocycles. The molecule has 0 saturated heterocycles. The van der Waals surface area contributed by atoms with Crippen molar-refractivity contribution in [2.75, 3.05) is 24.7 Å². The molecule has 3 rings (SSSR count). The van der Waals surface area contributed by atoms with Gasteiger partial charge in [-0.1, -0.05) is 31.5 Å². The molecular formula is C22H27N5O2. The maximum atomic E-state index is 13.1. The number of nitrogen functional groups attached to an aromatic ring is 1. The summed E-state index contributed by atoms with van der Waals surface area (Å²) in [5.74, 6) is 1.32. The molecule has 0 unspecified atom stereocenters. The predicted octanol–water partition coefficient (Wildman–Crippen LogP) is 3.92. The Morgan fingerprint density at radius 3 is 2.76 bits per heavy atom. The monoisotopic (exact) mass is 393 g/mol. The predicted molar refractivity (Wildman–Crippen MR) is 116 cm³/mol. The van der Waals surface area contributed by atoms with E-state index in [0.29, 0.717) is 22.3 Å². The van der Waals surface area contributed by atoms with Crippen molar-refractivity contribution in [1.82, 2.24) is 15.3 Å². The fourth-order valence-electron chi connectivity index (χ4n) is 3.17.